The normalized spacial score (nSPS) is 17.4. The summed E-state index contributed by atoms with van der Waals surface area (Å²) < 4.78 is 2.06. The topological polar surface area (TPSA) is 137 Å². The number of rotatable bonds is 4. The van der Waals surface area contributed by atoms with Gasteiger partial charge in [0.2, 0.25) is 0 Å². The molecule has 3 heterocycles. The average Bonchev–Trinajstić information content (AvgIpc) is 3.30. The lowest BCUT2D eigenvalue weighted by molar-refractivity contribution is 0.309. The first-order valence-electron chi connectivity index (χ1n) is 12.7. The molecule has 1 aromatic heterocycles. The number of likely N-dealkylation sites (tertiary alicyclic amines) is 2. The molecule has 0 unspecified atom stereocenters. The van der Waals surface area contributed by atoms with E-state index in [0.29, 0.717) is 11.8 Å². The Morgan fingerprint density at radius 3 is 1.31 bits per heavy atom. The van der Waals surface area contributed by atoms with E-state index in [-0.39, 0.29) is 11.9 Å². The van der Waals surface area contributed by atoms with Crippen LogP contribution in [0.4, 0.5) is 0 Å². The van der Waals surface area contributed by atoms with E-state index in [1.54, 1.807) is 0 Å². The molecule has 9 heteroatoms. The minimum absolute atomic E-state index is 0.173. The molecule has 2 aliphatic heterocycles. The quantitative estimate of drug-likeness (QED) is 0.331. The lowest BCUT2D eigenvalue weighted by Gasteiger charge is -2.32. The van der Waals surface area contributed by atoms with Crippen LogP contribution in [0.5, 0.6) is 0 Å². The fourth-order valence-corrected chi connectivity index (χ4v) is 5.55. The Morgan fingerprint density at radius 2 is 1.00 bits per heavy atom. The van der Waals surface area contributed by atoms with Crippen LogP contribution in [0.15, 0.2) is 48.5 Å². The largest absolute Gasteiger partial charge is 0.370 e. The molecule has 188 valence electrons. The van der Waals surface area contributed by atoms with Gasteiger partial charge in [0.15, 0.2) is 23.6 Å². The zero-order valence-electron chi connectivity index (χ0n) is 20.8. The number of nitrogens with zero attached hydrogens (tertiary/aromatic N) is 5. The van der Waals surface area contributed by atoms with E-state index >= 15 is 0 Å². The zero-order chi connectivity index (χ0) is 25.2. The molecule has 0 bridgehead atoms. The van der Waals surface area contributed by atoms with E-state index < -0.39 is 0 Å². The van der Waals surface area contributed by atoms with E-state index in [1.165, 1.54) is 11.1 Å². The van der Waals surface area contributed by atoms with Crippen LogP contribution in [0.1, 0.15) is 48.6 Å². The molecular weight excluding hydrogens is 450 g/mol. The van der Waals surface area contributed by atoms with Gasteiger partial charge in [0.25, 0.3) is 0 Å². The van der Waals surface area contributed by atoms with Crippen LogP contribution in [-0.2, 0) is 7.05 Å². The van der Waals surface area contributed by atoms with Crippen LogP contribution in [0, 0.1) is 10.8 Å². The molecular formula is C27H35N9. The first-order chi connectivity index (χ1) is 17.4. The van der Waals surface area contributed by atoms with Gasteiger partial charge in [-0.25, -0.2) is 0 Å². The fourth-order valence-electron chi connectivity index (χ4n) is 5.55. The van der Waals surface area contributed by atoms with Gasteiger partial charge in [0.1, 0.15) is 0 Å². The Kier molecular flexibility index (Phi) is 6.63. The number of hydrogen-bond donors (Lipinski definition) is 4. The Morgan fingerprint density at radius 1 is 0.667 bits per heavy atom. The molecule has 0 atom stereocenters. The second-order valence-electron chi connectivity index (χ2n) is 9.94. The molecule has 0 aliphatic carbocycles. The third-order valence-electron chi connectivity index (χ3n) is 7.83. The third kappa shape index (κ3) is 4.78. The van der Waals surface area contributed by atoms with Crippen LogP contribution in [-0.4, -0.2) is 62.7 Å². The summed E-state index contributed by atoms with van der Waals surface area (Å²) >= 11 is 0. The minimum atomic E-state index is 0.173. The number of hydrogen-bond acceptors (Lipinski definition) is 4. The highest BCUT2D eigenvalue weighted by molar-refractivity contribution is 5.75. The molecule has 0 saturated carbocycles. The molecule has 9 nitrogen and oxygen atoms in total. The summed E-state index contributed by atoms with van der Waals surface area (Å²) in [6, 6.07) is 17.3. The summed E-state index contributed by atoms with van der Waals surface area (Å²) in [5, 5.41) is 24.2. The maximum Gasteiger partial charge on any atom is 0.188 e. The second-order valence-corrected chi connectivity index (χ2v) is 9.94. The van der Waals surface area contributed by atoms with E-state index in [1.807, 2.05) is 16.8 Å². The van der Waals surface area contributed by atoms with E-state index in [4.69, 9.17) is 22.3 Å². The summed E-state index contributed by atoms with van der Waals surface area (Å²) in [6.07, 6.45) is 4.05. The van der Waals surface area contributed by atoms with Crippen molar-refractivity contribution in [2.75, 3.05) is 26.2 Å². The summed E-state index contributed by atoms with van der Waals surface area (Å²) in [5.74, 6) is 3.04. The van der Waals surface area contributed by atoms with Crippen molar-refractivity contribution in [1.29, 1.82) is 10.8 Å². The van der Waals surface area contributed by atoms with Gasteiger partial charge in [-0.15, -0.1) is 10.2 Å². The van der Waals surface area contributed by atoms with Gasteiger partial charge in [-0.05, 0) is 48.6 Å². The molecule has 0 radical (unpaired) electrons. The van der Waals surface area contributed by atoms with Crippen LogP contribution in [0.25, 0.3) is 22.8 Å². The highest BCUT2D eigenvalue weighted by Gasteiger charge is 2.23. The molecule has 2 aliphatic rings. The van der Waals surface area contributed by atoms with Crippen LogP contribution in [0.3, 0.4) is 0 Å². The van der Waals surface area contributed by atoms with Crippen LogP contribution < -0.4 is 11.5 Å². The van der Waals surface area contributed by atoms with Gasteiger partial charge in [-0.1, -0.05) is 48.5 Å². The van der Waals surface area contributed by atoms with Crippen molar-refractivity contribution < 1.29 is 0 Å². The summed E-state index contributed by atoms with van der Waals surface area (Å²) in [7, 11) is 2.02. The standard InChI is InChI=1S/C27H35N9/c1-34-24(22-6-2-18(3-7-22)20-10-14-35(15-11-20)26(28)29)32-33-25(34)23-8-4-19(5-9-23)21-12-16-36(17-13-21)27(30)31/h2-9,20-21H,10-17H2,1H3,(H3,28,29)(H3,30,31). The molecule has 36 heavy (non-hydrogen) atoms. The highest BCUT2D eigenvalue weighted by atomic mass is 15.3. The lowest BCUT2D eigenvalue weighted by atomic mass is 9.89. The monoisotopic (exact) mass is 485 g/mol. The predicted octanol–water partition coefficient (Wildman–Crippen LogP) is 3.29. The van der Waals surface area contributed by atoms with Crippen molar-refractivity contribution in [1.82, 2.24) is 24.6 Å². The van der Waals surface area contributed by atoms with Crippen molar-refractivity contribution in [2.24, 2.45) is 18.5 Å². The molecule has 0 amide bonds. The number of benzene rings is 2. The Bertz CT molecular complexity index is 1120. The molecule has 6 N–H and O–H groups in total. The van der Waals surface area contributed by atoms with Crippen LogP contribution in [0.2, 0.25) is 0 Å². The number of guanidine groups is 2. The van der Waals surface area contributed by atoms with E-state index in [0.717, 1.165) is 74.6 Å². The average molecular weight is 486 g/mol. The number of nitrogens with two attached hydrogens (primary N) is 2. The Balaban J connectivity index is 1.26. The smallest absolute Gasteiger partial charge is 0.188 e. The highest BCUT2D eigenvalue weighted by Crippen LogP contribution is 2.32. The van der Waals surface area contributed by atoms with Crippen molar-refractivity contribution >= 4 is 11.9 Å². The first-order valence-corrected chi connectivity index (χ1v) is 12.7. The SMILES string of the molecule is Cn1c(-c2ccc(C3CCN(C(=N)N)CC3)cc2)nnc1-c1ccc(C2CCN(C(=N)N)CC2)cc1. The molecule has 5 rings (SSSR count). The van der Waals surface area contributed by atoms with Gasteiger partial charge in [-0.2, -0.15) is 0 Å². The second kappa shape index (κ2) is 10.0. The Hall–Kier alpha value is -3.88. The maximum absolute atomic E-state index is 7.62. The van der Waals surface area contributed by atoms with Gasteiger partial charge < -0.3 is 25.8 Å². The summed E-state index contributed by atoms with van der Waals surface area (Å²) in [5.41, 5.74) is 16.0. The number of nitrogens with one attached hydrogen (secondary N) is 2. The van der Waals surface area contributed by atoms with Crippen molar-refractivity contribution in [3.05, 3.63) is 59.7 Å². The minimum Gasteiger partial charge on any atom is -0.370 e. The molecule has 2 fully saturated rings. The van der Waals surface area contributed by atoms with E-state index in [2.05, 4.69) is 63.3 Å². The summed E-state index contributed by atoms with van der Waals surface area (Å²) in [4.78, 5) is 3.88. The van der Waals surface area contributed by atoms with Crippen molar-refractivity contribution in [3.8, 4) is 22.8 Å². The Labute approximate surface area is 212 Å². The molecule has 3 aromatic rings. The molecule has 2 saturated heterocycles. The van der Waals surface area contributed by atoms with E-state index in [9.17, 15) is 0 Å². The van der Waals surface area contributed by atoms with Gasteiger partial charge >= 0.3 is 0 Å². The third-order valence-corrected chi connectivity index (χ3v) is 7.83. The van der Waals surface area contributed by atoms with Gasteiger partial charge in [0.05, 0.1) is 0 Å². The van der Waals surface area contributed by atoms with Crippen LogP contribution >= 0.6 is 0 Å². The van der Waals surface area contributed by atoms with Crippen molar-refractivity contribution in [3.63, 3.8) is 0 Å². The first kappa shape index (κ1) is 23.8. The maximum atomic E-state index is 7.62. The predicted molar refractivity (Wildman–Crippen MR) is 143 cm³/mol. The number of aromatic nitrogens is 3. The molecule has 2 aromatic carbocycles. The zero-order valence-corrected chi connectivity index (χ0v) is 20.8. The fraction of sp³-hybridized carbons (Fsp3) is 0.407. The van der Waals surface area contributed by atoms with Crippen molar-refractivity contribution in [2.45, 2.75) is 37.5 Å². The van der Waals surface area contributed by atoms with Gasteiger partial charge in [-0.3, -0.25) is 10.8 Å². The molecule has 0 spiro atoms. The summed E-state index contributed by atoms with van der Waals surface area (Å²) in [6.45, 7) is 3.35. The number of piperidine rings is 2. The van der Waals surface area contributed by atoms with Gasteiger partial charge in [0, 0.05) is 44.4 Å². The lowest BCUT2D eigenvalue weighted by Crippen LogP contribution is -2.41.